The van der Waals surface area contributed by atoms with Crippen LogP contribution in [0.1, 0.15) is 65.5 Å². The predicted molar refractivity (Wildman–Crippen MR) is 214 cm³/mol. The summed E-state index contributed by atoms with van der Waals surface area (Å²) in [5, 5.41) is 15.8. The first-order valence-corrected chi connectivity index (χ1v) is 19.1. The number of nitrogens with one attached hydrogen (secondary N) is 2. The van der Waals surface area contributed by atoms with Crippen LogP contribution < -0.4 is 10.6 Å². The van der Waals surface area contributed by atoms with Crippen molar-refractivity contribution in [2.45, 2.75) is 62.7 Å². The van der Waals surface area contributed by atoms with E-state index in [-0.39, 0.29) is 50.9 Å². The molecule has 10 nitrogen and oxygen atoms in total. The number of fused-ring (bicyclic) bond motifs is 4. The Labute approximate surface area is 328 Å². The van der Waals surface area contributed by atoms with Crippen LogP contribution in [0.5, 0.6) is 0 Å². The number of hydrogen-bond acceptors (Lipinski definition) is 7. The van der Waals surface area contributed by atoms with Gasteiger partial charge in [0, 0.05) is 18.9 Å². The van der Waals surface area contributed by atoms with E-state index in [0.717, 1.165) is 33.4 Å². The van der Waals surface area contributed by atoms with Crippen LogP contribution in [0.15, 0.2) is 128 Å². The molecule has 2 aliphatic rings. The lowest BCUT2D eigenvalue weighted by Crippen LogP contribution is -2.47. The van der Waals surface area contributed by atoms with E-state index in [0.29, 0.717) is 24.9 Å². The first kappa shape index (κ1) is 39.7. The van der Waals surface area contributed by atoms with Crippen LogP contribution in [0.25, 0.3) is 11.1 Å². The number of amides is 3. The number of nitrogens with zero attached hydrogens (tertiary/aromatic N) is 1. The quantitative estimate of drug-likeness (QED) is 0.0799. The van der Waals surface area contributed by atoms with Crippen molar-refractivity contribution in [2.75, 3.05) is 19.8 Å². The molecular formula is C46H49N3O7. The Kier molecular flexibility index (Phi) is 13.5. The van der Waals surface area contributed by atoms with Crippen molar-refractivity contribution in [2.24, 2.45) is 5.92 Å². The third-order valence-corrected chi connectivity index (χ3v) is 10.6. The molecule has 4 aromatic carbocycles. The molecule has 4 aromatic rings. The summed E-state index contributed by atoms with van der Waals surface area (Å²) in [6.45, 7) is 7.60. The fourth-order valence-corrected chi connectivity index (χ4v) is 7.63. The average molecular weight is 756 g/mol. The van der Waals surface area contributed by atoms with Gasteiger partial charge in [-0.2, -0.15) is 0 Å². The number of aliphatic hydroxyl groups is 1. The minimum Gasteiger partial charge on any atom is -0.462 e. The van der Waals surface area contributed by atoms with Crippen LogP contribution in [-0.4, -0.2) is 65.8 Å². The van der Waals surface area contributed by atoms with Crippen LogP contribution in [0.4, 0.5) is 4.79 Å². The number of hydrogen-bond donors (Lipinski definition) is 3. The third-order valence-electron chi connectivity index (χ3n) is 10.6. The van der Waals surface area contributed by atoms with Crippen molar-refractivity contribution in [3.63, 3.8) is 0 Å². The molecule has 290 valence electrons. The van der Waals surface area contributed by atoms with Crippen LogP contribution in [0.3, 0.4) is 0 Å². The van der Waals surface area contributed by atoms with Crippen LogP contribution in [0, 0.1) is 5.92 Å². The molecule has 0 saturated heterocycles. The van der Waals surface area contributed by atoms with Crippen LogP contribution >= 0.6 is 0 Å². The maximum atomic E-state index is 13.9. The normalized spacial score (nSPS) is 15.9. The monoisotopic (exact) mass is 755 g/mol. The van der Waals surface area contributed by atoms with Crippen molar-refractivity contribution in [3.8, 4) is 11.1 Å². The van der Waals surface area contributed by atoms with Gasteiger partial charge in [-0.15, -0.1) is 13.2 Å². The highest BCUT2D eigenvalue weighted by molar-refractivity contribution is 5.87. The van der Waals surface area contributed by atoms with Crippen molar-refractivity contribution in [1.82, 2.24) is 15.5 Å². The highest BCUT2D eigenvalue weighted by atomic mass is 16.6. The van der Waals surface area contributed by atoms with Gasteiger partial charge in [-0.25, -0.2) is 9.59 Å². The molecule has 56 heavy (non-hydrogen) atoms. The van der Waals surface area contributed by atoms with Crippen molar-refractivity contribution in [1.29, 1.82) is 0 Å². The summed E-state index contributed by atoms with van der Waals surface area (Å²) >= 11 is 0. The Bertz CT molecular complexity index is 1990. The molecule has 6 rings (SSSR count). The summed E-state index contributed by atoms with van der Waals surface area (Å²) in [7, 11) is 0. The lowest BCUT2D eigenvalue weighted by molar-refractivity contribution is -0.147. The predicted octanol–water partition coefficient (Wildman–Crippen LogP) is 6.79. The molecule has 0 spiro atoms. The van der Waals surface area contributed by atoms with Gasteiger partial charge in [0.2, 0.25) is 11.8 Å². The van der Waals surface area contributed by atoms with E-state index in [1.165, 1.54) is 0 Å². The van der Waals surface area contributed by atoms with Gasteiger partial charge in [0.1, 0.15) is 19.3 Å². The fraction of sp³-hybridized carbons (Fsp3) is 0.304. The van der Waals surface area contributed by atoms with Crippen LogP contribution in [-0.2, 0) is 36.8 Å². The zero-order valence-electron chi connectivity index (χ0n) is 31.5. The number of carbonyl (C=O) groups is 4. The Balaban J connectivity index is 1.09. The second-order valence-electron chi connectivity index (χ2n) is 14.2. The largest absolute Gasteiger partial charge is 0.462 e. The molecule has 0 aromatic heterocycles. The Morgan fingerprint density at radius 2 is 1.45 bits per heavy atom. The number of esters is 1. The summed E-state index contributed by atoms with van der Waals surface area (Å²) in [4.78, 5) is 56.0. The SMILES string of the molecule is C=CCC[C@H](NC(=O)OCC1c2ccccc2-c2ccccc21)C(=O)OC[C@H](NC(=O)[C@H](CC=C)CC(=O)N1Cc2ccccc2C[C@H]1CO)c1ccccc1. The number of rotatable bonds is 17. The fourth-order valence-electron chi connectivity index (χ4n) is 7.63. The minimum atomic E-state index is -1.03. The number of benzene rings is 4. The maximum Gasteiger partial charge on any atom is 0.407 e. The Morgan fingerprint density at radius 3 is 2.11 bits per heavy atom. The number of ether oxygens (including phenoxy) is 2. The second-order valence-corrected chi connectivity index (χ2v) is 14.2. The number of carbonyl (C=O) groups excluding carboxylic acids is 4. The summed E-state index contributed by atoms with van der Waals surface area (Å²) in [6.07, 6.45) is 3.84. The zero-order chi connectivity index (χ0) is 39.4. The van der Waals surface area contributed by atoms with E-state index in [1.54, 1.807) is 17.1 Å². The van der Waals surface area contributed by atoms with E-state index in [1.807, 2.05) is 91.0 Å². The molecule has 4 atom stereocenters. The summed E-state index contributed by atoms with van der Waals surface area (Å²) in [5.41, 5.74) is 7.16. The molecule has 10 heteroatoms. The molecule has 0 fully saturated rings. The molecule has 3 amide bonds. The standard InChI is InChI=1S/C46H49N3O7/c1-3-5-24-41(48-46(54)56-29-40-38-22-13-11-20-36(38)37-21-12-14-23-39(37)40)45(53)55-30-42(31-16-7-6-8-17-31)47-44(52)33(15-4-2)26-43(51)49-27-34-19-10-9-18-32(34)25-35(49)28-50/h3-4,6-14,16-23,33,35,40-42,50H,1-2,5,15,24-30H2,(H,47,52)(H,48,54)/t33-,35+,41+,42+/m1/s1. The van der Waals surface area contributed by atoms with Gasteiger partial charge in [-0.3, -0.25) is 9.59 Å². The maximum absolute atomic E-state index is 13.9. The van der Waals surface area contributed by atoms with E-state index in [2.05, 4.69) is 35.9 Å². The lowest BCUT2D eigenvalue weighted by atomic mass is 9.92. The van der Waals surface area contributed by atoms with Crippen LogP contribution in [0.2, 0.25) is 0 Å². The van der Waals surface area contributed by atoms with Crippen molar-refractivity contribution < 1.29 is 33.8 Å². The van der Waals surface area contributed by atoms with E-state index in [4.69, 9.17) is 9.47 Å². The lowest BCUT2D eigenvalue weighted by Gasteiger charge is -2.36. The van der Waals surface area contributed by atoms with Gasteiger partial charge in [0.25, 0.3) is 0 Å². The molecule has 1 aliphatic carbocycles. The molecule has 0 unspecified atom stereocenters. The van der Waals surface area contributed by atoms with Gasteiger partial charge in [-0.1, -0.05) is 115 Å². The highest BCUT2D eigenvalue weighted by Gasteiger charge is 2.34. The van der Waals surface area contributed by atoms with E-state index in [9.17, 15) is 24.3 Å². The number of alkyl carbamates (subject to hydrolysis) is 1. The van der Waals surface area contributed by atoms with Gasteiger partial charge in [0.05, 0.1) is 24.6 Å². The number of aliphatic hydroxyl groups excluding tert-OH is 1. The minimum absolute atomic E-state index is 0.0886. The topological polar surface area (TPSA) is 134 Å². The summed E-state index contributed by atoms with van der Waals surface area (Å²) in [5.74, 6) is -2.23. The second kappa shape index (κ2) is 19.0. The van der Waals surface area contributed by atoms with Gasteiger partial charge < -0.3 is 30.1 Å². The third kappa shape index (κ3) is 9.44. The molecule has 1 heterocycles. The molecular weight excluding hydrogens is 707 g/mol. The molecule has 3 N–H and O–H groups in total. The van der Waals surface area contributed by atoms with E-state index >= 15 is 0 Å². The Morgan fingerprint density at radius 1 is 0.804 bits per heavy atom. The summed E-state index contributed by atoms with van der Waals surface area (Å²) in [6, 6.07) is 30.8. The molecule has 0 radical (unpaired) electrons. The Hall–Kier alpha value is -6.00. The molecule has 0 saturated carbocycles. The van der Waals surface area contributed by atoms with Gasteiger partial charge in [-0.05, 0) is 64.6 Å². The number of allylic oxidation sites excluding steroid dienone is 2. The highest BCUT2D eigenvalue weighted by Crippen LogP contribution is 2.44. The van der Waals surface area contributed by atoms with E-state index < -0.39 is 42.0 Å². The molecule has 1 aliphatic heterocycles. The summed E-state index contributed by atoms with van der Waals surface area (Å²) < 4.78 is 11.5. The average Bonchev–Trinajstić information content (AvgIpc) is 3.55. The first-order chi connectivity index (χ1) is 27.3. The van der Waals surface area contributed by atoms with Crippen molar-refractivity contribution in [3.05, 3.63) is 156 Å². The van der Waals surface area contributed by atoms with Gasteiger partial charge >= 0.3 is 12.1 Å². The van der Waals surface area contributed by atoms with Crippen molar-refractivity contribution >= 4 is 23.9 Å². The smallest absolute Gasteiger partial charge is 0.407 e. The van der Waals surface area contributed by atoms with Gasteiger partial charge in [0.15, 0.2) is 0 Å². The molecule has 0 bridgehead atoms. The first-order valence-electron chi connectivity index (χ1n) is 19.1. The zero-order valence-corrected chi connectivity index (χ0v) is 31.5.